The van der Waals surface area contributed by atoms with Crippen LogP contribution < -0.4 is 5.32 Å². The molecule has 2 nitrogen and oxygen atoms in total. The highest BCUT2D eigenvalue weighted by Gasteiger charge is 2.22. The monoisotopic (exact) mass is 275 g/mol. The van der Waals surface area contributed by atoms with Gasteiger partial charge in [0.1, 0.15) is 0 Å². The summed E-state index contributed by atoms with van der Waals surface area (Å²) in [6, 6.07) is 0. The van der Waals surface area contributed by atoms with Crippen molar-refractivity contribution in [1.29, 1.82) is 0 Å². The Kier molecular flexibility index (Phi) is 5.10. The number of carbonyl (C=O) groups excluding carboxylic acids is 1. The van der Waals surface area contributed by atoms with Gasteiger partial charge < -0.3 is 5.32 Å². The molecule has 0 heterocycles. The predicted octanol–water partition coefficient (Wildman–Crippen LogP) is 3.25. The lowest BCUT2D eigenvalue weighted by Crippen LogP contribution is -2.38. The van der Waals surface area contributed by atoms with E-state index in [0.717, 1.165) is 18.9 Å². The largest absolute Gasteiger partial charge is 0.355 e. The Morgan fingerprint density at radius 2 is 2.00 bits per heavy atom. The molecule has 3 heteroatoms. The summed E-state index contributed by atoms with van der Waals surface area (Å²) in [4.78, 5) is 11.5. The minimum Gasteiger partial charge on any atom is -0.355 e. The third-order valence-corrected chi connectivity index (χ3v) is 3.45. The van der Waals surface area contributed by atoms with Crippen LogP contribution in [0.3, 0.4) is 0 Å². The van der Waals surface area contributed by atoms with Gasteiger partial charge >= 0.3 is 0 Å². The lowest BCUT2D eigenvalue weighted by Gasteiger charge is -2.16. The number of hydrogen-bond acceptors (Lipinski definition) is 1. The highest BCUT2D eigenvalue weighted by molar-refractivity contribution is 9.10. The maximum Gasteiger partial charge on any atom is 0.236 e. The van der Waals surface area contributed by atoms with Gasteiger partial charge in [0.05, 0.1) is 4.32 Å². The Bertz CT molecular complexity index is 204. The second-order valence-electron chi connectivity index (χ2n) is 5.02. The van der Waals surface area contributed by atoms with Crippen molar-refractivity contribution >= 4 is 21.8 Å². The summed E-state index contributed by atoms with van der Waals surface area (Å²) in [6.07, 6.45) is 8.02. The smallest absolute Gasteiger partial charge is 0.236 e. The number of hydrogen-bond donors (Lipinski definition) is 1. The molecule has 0 spiro atoms. The molecule has 0 aromatic carbocycles. The summed E-state index contributed by atoms with van der Waals surface area (Å²) in [6.45, 7) is 4.57. The second-order valence-corrected chi connectivity index (χ2v) is 7.00. The van der Waals surface area contributed by atoms with Crippen LogP contribution in [-0.4, -0.2) is 16.8 Å². The summed E-state index contributed by atoms with van der Waals surface area (Å²) in [5.74, 6) is 1.02. The van der Waals surface area contributed by atoms with Crippen LogP contribution in [0.4, 0.5) is 0 Å². The van der Waals surface area contributed by atoms with E-state index in [0.29, 0.717) is 0 Å². The minimum absolute atomic E-state index is 0.0916. The Balaban J connectivity index is 2.03. The third-order valence-electron chi connectivity index (χ3n) is 3.09. The van der Waals surface area contributed by atoms with E-state index in [2.05, 4.69) is 21.2 Å². The predicted molar refractivity (Wildman–Crippen MR) is 67.2 cm³/mol. The first-order valence-corrected chi connectivity index (χ1v) is 6.76. The molecule has 1 amide bonds. The Morgan fingerprint density at radius 1 is 1.40 bits per heavy atom. The van der Waals surface area contributed by atoms with Crippen LogP contribution in [0.25, 0.3) is 0 Å². The average Bonchev–Trinajstić information content (AvgIpc) is 2.63. The number of rotatable bonds is 5. The van der Waals surface area contributed by atoms with Crippen molar-refractivity contribution in [1.82, 2.24) is 5.32 Å². The van der Waals surface area contributed by atoms with E-state index in [1.165, 1.54) is 32.1 Å². The van der Waals surface area contributed by atoms with Crippen molar-refractivity contribution in [2.45, 2.75) is 56.7 Å². The van der Waals surface area contributed by atoms with Crippen LogP contribution in [0.1, 0.15) is 52.4 Å². The molecule has 0 bridgehead atoms. The SMILES string of the molecule is CC(C)(Br)C(=O)NCCCC1CCCC1. The summed E-state index contributed by atoms with van der Waals surface area (Å²) >= 11 is 3.35. The lowest BCUT2D eigenvalue weighted by atomic mass is 10.0. The molecule has 0 saturated heterocycles. The van der Waals surface area contributed by atoms with Gasteiger partial charge in [0, 0.05) is 6.54 Å². The maximum atomic E-state index is 11.5. The van der Waals surface area contributed by atoms with Crippen molar-refractivity contribution < 1.29 is 4.79 Å². The molecule has 15 heavy (non-hydrogen) atoms. The minimum atomic E-state index is -0.430. The number of halogens is 1. The van der Waals surface area contributed by atoms with E-state index >= 15 is 0 Å². The summed E-state index contributed by atoms with van der Waals surface area (Å²) in [5.41, 5.74) is 0. The normalized spacial score (nSPS) is 18.1. The van der Waals surface area contributed by atoms with Crippen molar-refractivity contribution in [3.8, 4) is 0 Å². The van der Waals surface area contributed by atoms with Crippen LogP contribution in [0, 0.1) is 5.92 Å². The zero-order chi connectivity index (χ0) is 11.3. The molecule has 1 rings (SSSR count). The Morgan fingerprint density at radius 3 is 2.53 bits per heavy atom. The third kappa shape index (κ3) is 5.01. The topological polar surface area (TPSA) is 29.1 Å². The van der Waals surface area contributed by atoms with Gasteiger partial charge in [-0.05, 0) is 32.6 Å². The van der Waals surface area contributed by atoms with Gasteiger partial charge in [0.25, 0.3) is 0 Å². The van der Waals surface area contributed by atoms with Gasteiger partial charge in [-0.2, -0.15) is 0 Å². The number of carbonyl (C=O) groups is 1. The van der Waals surface area contributed by atoms with Crippen molar-refractivity contribution in [2.24, 2.45) is 5.92 Å². The fraction of sp³-hybridized carbons (Fsp3) is 0.917. The van der Waals surface area contributed by atoms with Crippen molar-refractivity contribution in [3.05, 3.63) is 0 Å². The molecule has 1 fully saturated rings. The second kappa shape index (κ2) is 5.88. The fourth-order valence-electron chi connectivity index (χ4n) is 2.10. The Hall–Kier alpha value is -0.0500. The van der Waals surface area contributed by atoms with Gasteiger partial charge in [0.15, 0.2) is 0 Å². The molecule has 0 radical (unpaired) electrons. The van der Waals surface area contributed by atoms with Crippen molar-refractivity contribution in [3.63, 3.8) is 0 Å². The zero-order valence-corrected chi connectivity index (χ0v) is 11.4. The van der Waals surface area contributed by atoms with E-state index in [-0.39, 0.29) is 5.91 Å². The van der Waals surface area contributed by atoms with Crippen LogP contribution in [0.2, 0.25) is 0 Å². The quantitative estimate of drug-likeness (QED) is 0.606. The van der Waals surface area contributed by atoms with Gasteiger partial charge in [-0.3, -0.25) is 4.79 Å². The molecule has 88 valence electrons. The molecular weight excluding hydrogens is 254 g/mol. The van der Waals surface area contributed by atoms with E-state index in [9.17, 15) is 4.79 Å². The van der Waals surface area contributed by atoms with Crippen LogP contribution >= 0.6 is 15.9 Å². The first-order chi connectivity index (χ1) is 7.00. The van der Waals surface area contributed by atoms with Crippen LogP contribution in [0.15, 0.2) is 0 Å². The molecule has 0 atom stereocenters. The molecule has 1 N–H and O–H groups in total. The van der Waals surface area contributed by atoms with Crippen molar-refractivity contribution in [2.75, 3.05) is 6.54 Å². The zero-order valence-electron chi connectivity index (χ0n) is 9.81. The van der Waals surface area contributed by atoms with E-state index in [1.54, 1.807) is 0 Å². The molecule has 1 saturated carbocycles. The van der Waals surface area contributed by atoms with Crippen LogP contribution in [0.5, 0.6) is 0 Å². The summed E-state index contributed by atoms with van der Waals surface area (Å²) < 4.78 is -0.430. The molecule has 1 aliphatic rings. The fourth-order valence-corrected chi connectivity index (χ4v) is 2.24. The van der Waals surface area contributed by atoms with Gasteiger partial charge in [-0.25, -0.2) is 0 Å². The number of amides is 1. The first-order valence-electron chi connectivity index (χ1n) is 5.97. The van der Waals surface area contributed by atoms with Gasteiger partial charge in [0.2, 0.25) is 5.91 Å². The molecule has 0 aromatic rings. The van der Waals surface area contributed by atoms with Crippen LogP contribution in [-0.2, 0) is 4.79 Å². The molecule has 0 unspecified atom stereocenters. The molecular formula is C12H22BrNO. The van der Waals surface area contributed by atoms with Gasteiger partial charge in [-0.1, -0.05) is 41.6 Å². The number of nitrogens with one attached hydrogen (secondary N) is 1. The Labute approximate surface area is 101 Å². The van der Waals surface area contributed by atoms with E-state index < -0.39 is 4.32 Å². The first kappa shape index (κ1) is 13.0. The van der Waals surface area contributed by atoms with E-state index in [4.69, 9.17) is 0 Å². The summed E-state index contributed by atoms with van der Waals surface area (Å²) in [7, 11) is 0. The van der Waals surface area contributed by atoms with Gasteiger partial charge in [-0.15, -0.1) is 0 Å². The molecule has 0 aliphatic heterocycles. The summed E-state index contributed by atoms with van der Waals surface area (Å²) in [5, 5.41) is 2.96. The number of alkyl halides is 1. The standard InChI is InChI=1S/C12H22BrNO/c1-12(2,13)11(15)14-9-5-8-10-6-3-4-7-10/h10H,3-9H2,1-2H3,(H,14,15). The molecule has 0 aromatic heterocycles. The highest BCUT2D eigenvalue weighted by atomic mass is 79.9. The lowest BCUT2D eigenvalue weighted by molar-refractivity contribution is -0.122. The maximum absolute atomic E-state index is 11.5. The highest BCUT2D eigenvalue weighted by Crippen LogP contribution is 2.28. The molecule has 1 aliphatic carbocycles. The van der Waals surface area contributed by atoms with E-state index in [1.807, 2.05) is 13.8 Å². The average molecular weight is 276 g/mol.